The molecule has 0 N–H and O–H groups in total. The molecule has 0 radical (unpaired) electrons. The minimum absolute atomic E-state index is 0.466. The highest BCUT2D eigenvalue weighted by Crippen LogP contribution is 2.12. The van der Waals surface area contributed by atoms with Gasteiger partial charge in [0.05, 0.1) is 0 Å². The van der Waals surface area contributed by atoms with Crippen molar-refractivity contribution >= 4 is 29.4 Å². The van der Waals surface area contributed by atoms with E-state index in [2.05, 4.69) is 9.97 Å². The molecule has 0 unspecified atom stereocenters. The molecule has 9 heavy (non-hydrogen) atoms. The van der Waals surface area contributed by atoms with Gasteiger partial charge in [-0.2, -0.15) is 3.94 Å². The number of rotatable bonds is 1. The van der Waals surface area contributed by atoms with Crippen molar-refractivity contribution in [1.82, 2.24) is 9.97 Å². The fourth-order valence-electron chi connectivity index (χ4n) is 0.384. The fourth-order valence-corrected chi connectivity index (χ4v) is 0.584. The maximum Gasteiger partial charge on any atom is 0.162 e. The number of halogens is 2. The van der Waals surface area contributed by atoms with E-state index in [9.17, 15) is 0 Å². The molecule has 0 aliphatic heterocycles. The summed E-state index contributed by atoms with van der Waals surface area (Å²) in [7, 11) is 0. The number of aromatic nitrogens is 2. The fraction of sp³-hybridized carbons (Fsp3) is 0. The van der Waals surface area contributed by atoms with E-state index in [-0.39, 0.29) is 0 Å². The van der Waals surface area contributed by atoms with Crippen LogP contribution in [0.15, 0.2) is 18.6 Å². The number of anilines is 1. The standard InChI is InChI=1S/C4H3Cl2N3/c5-9(6)4-1-2-7-3-8-4/h1-3H. The summed E-state index contributed by atoms with van der Waals surface area (Å²) in [6.07, 6.45) is 2.92. The third kappa shape index (κ3) is 1.69. The molecular weight excluding hydrogens is 161 g/mol. The summed E-state index contributed by atoms with van der Waals surface area (Å²) in [6, 6.07) is 1.60. The summed E-state index contributed by atoms with van der Waals surface area (Å²) in [4.78, 5) is 7.40. The van der Waals surface area contributed by atoms with Crippen LogP contribution in [-0.4, -0.2) is 9.97 Å². The highest BCUT2D eigenvalue weighted by atomic mass is 35.5. The smallest absolute Gasteiger partial charge is 0.162 e. The largest absolute Gasteiger partial charge is 0.245 e. The molecule has 48 valence electrons. The van der Waals surface area contributed by atoms with Gasteiger partial charge in [0.1, 0.15) is 6.33 Å². The van der Waals surface area contributed by atoms with Gasteiger partial charge in [0, 0.05) is 35.8 Å². The zero-order valence-electron chi connectivity index (χ0n) is 4.33. The predicted octanol–water partition coefficient (Wildman–Crippen LogP) is 1.59. The first-order valence-electron chi connectivity index (χ1n) is 2.18. The Morgan fingerprint density at radius 3 is 2.56 bits per heavy atom. The lowest BCUT2D eigenvalue weighted by molar-refractivity contribution is 1.16. The van der Waals surface area contributed by atoms with Crippen molar-refractivity contribution in [3.05, 3.63) is 18.6 Å². The van der Waals surface area contributed by atoms with Gasteiger partial charge in [0.25, 0.3) is 0 Å². The summed E-state index contributed by atoms with van der Waals surface area (Å²) < 4.78 is 0.877. The lowest BCUT2D eigenvalue weighted by Crippen LogP contribution is -1.94. The van der Waals surface area contributed by atoms with Crippen LogP contribution in [-0.2, 0) is 0 Å². The highest BCUT2D eigenvalue weighted by Gasteiger charge is 1.96. The van der Waals surface area contributed by atoms with E-state index in [0.717, 1.165) is 3.94 Å². The quantitative estimate of drug-likeness (QED) is 0.590. The molecule has 0 fully saturated rings. The molecule has 0 atom stereocenters. The second-order valence-electron chi connectivity index (χ2n) is 1.30. The Morgan fingerprint density at radius 1 is 1.44 bits per heavy atom. The summed E-state index contributed by atoms with van der Waals surface area (Å²) >= 11 is 10.6. The molecule has 0 saturated carbocycles. The monoisotopic (exact) mass is 163 g/mol. The van der Waals surface area contributed by atoms with Crippen LogP contribution < -0.4 is 3.94 Å². The Morgan fingerprint density at radius 2 is 2.22 bits per heavy atom. The molecule has 3 nitrogen and oxygen atoms in total. The van der Waals surface area contributed by atoms with Crippen molar-refractivity contribution in [1.29, 1.82) is 0 Å². The van der Waals surface area contributed by atoms with Gasteiger partial charge >= 0.3 is 0 Å². The van der Waals surface area contributed by atoms with Crippen LogP contribution in [0.25, 0.3) is 0 Å². The molecule has 0 bridgehead atoms. The molecule has 1 aromatic heterocycles. The van der Waals surface area contributed by atoms with E-state index < -0.39 is 0 Å². The summed E-state index contributed by atoms with van der Waals surface area (Å²) in [5, 5.41) is 0. The third-order valence-electron chi connectivity index (χ3n) is 0.740. The van der Waals surface area contributed by atoms with Crippen LogP contribution in [0.2, 0.25) is 0 Å². The van der Waals surface area contributed by atoms with Crippen LogP contribution in [0.4, 0.5) is 5.82 Å². The zero-order valence-corrected chi connectivity index (χ0v) is 5.84. The van der Waals surface area contributed by atoms with Crippen LogP contribution in [0.5, 0.6) is 0 Å². The normalized spacial score (nSPS) is 9.11. The van der Waals surface area contributed by atoms with Gasteiger partial charge in [-0.3, -0.25) is 0 Å². The SMILES string of the molecule is ClN(Cl)c1ccncn1. The van der Waals surface area contributed by atoms with Crippen LogP contribution in [0.1, 0.15) is 0 Å². The van der Waals surface area contributed by atoms with Gasteiger partial charge in [-0.25, -0.2) is 9.97 Å². The van der Waals surface area contributed by atoms with Crippen molar-refractivity contribution in [3.8, 4) is 0 Å². The van der Waals surface area contributed by atoms with Gasteiger partial charge in [0.2, 0.25) is 0 Å². The van der Waals surface area contributed by atoms with E-state index >= 15 is 0 Å². The van der Waals surface area contributed by atoms with Crippen LogP contribution in [0, 0.1) is 0 Å². The van der Waals surface area contributed by atoms with Crippen LogP contribution >= 0.6 is 23.6 Å². The first kappa shape index (κ1) is 6.58. The molecule has 1 aromatic rings. The topological polar surface area (TPSA) is 29.0 Å². The Bertz CT molecular complexity index is 176. The van der Waals surface area contributed by atoms with E-state index in [1.807, 2.05) is 0 Å². The van der Waals surface area contributed by atoms with Crippen molar-refractivity contribution in [2.24, 2.45) is 0 Å². The average Bonchev–Trinajstić information content (AvgIpc) is 1.90. The van der Waals surface area contributed by atoms with Crippen molar-refractivity contribution < 1.29 is 0 Å². The molecule has 0 spiro atoms. The summed E-state index contributed by atoms with van der Waals surface area (Å²) in [5.74, 6) is 0.466. The number of nitrogens with zero attached hydrogens (tertiary/aromatic N) is 3. The van der Waals surface area contributed by atoms with Crippen molar-refractivity contribution in [3.63, 3.8) is 0 Å². The van der Waals surface area contributed by atoms with Crippen molar-refractivity contribution in [2.45, 2.75) is 0 Å². The maximum absolute atomic E-state index is 5.31. The Kier molecular flexibility index (Phi) is 2.08. The summed E-state index contributed by atoms with van der Waals surface area (Å²) in [5.41, 5.74) is 0. The molecule has 0 aliphatic rings. The molecule has 0 saturated heterocycles. The van der Waals surface area contributed by atoms with Gasteiger partial charge in [-0.1, -0.05) is 0 Å². The first-order chi connectivity index (χ1) is 4.30. The minimum atomic E-state index is 0.466. The lowest BCUT2D eigenvalue weighted by atomic mass is 10.6. The zero-order chi connectivity index (χ0) is 6.69. The predicted molar refractivity (Wildman–Crippen MR) is 36.2 cm³/mol. The van der Waals surface area contributed by atoms with Gasteiger partial charge in [-0.15, -0.1) is 0 Å². The highest BCUT2D eigenvalue weighted by molar-refractivity contribution is 6.49. The maximum atomic E-state index is 5.31. The Hall–Kier alpha value is -0.540. The minimum Gasteiger partial charge on any atom is -0.245 e. The second kappa shape index (κ2) is 2.85. The number of hydrogen-bond acceptors (Lipinski definition) is 3. The first-order valence-corrected chi connectivity index (χ1v) is 2.86. The van der Waals surface area contributed by atoms with Gasteiger partial charge in [-0.05, 0) is 0 Å². The third-order valence-corrected chi connectivity index (χ3v) is 1.09. The molecule has 0 aliphatic carbocycles. The van der Waals surface area contributed by atoms with Gasteiger partial charge < -0.3 is 0 Å². The molecule has 5 heteroatoms. The Balaban J connectivity index is 2.85. The second-order valence-corrected chi connectivity index (χ2v) is 2.15. The molecular formula is C4H3Cl2N3. The molecule has 0 aromatic carbocycles. The van der Waals surface area contributed by atoms with Gasteiger partial charge in [0.15, 0.2) is 5.82 Å². The average molecular weight is 164 g/mol. The molecule has 0 amide bonds. The van der Waals surface area contributed by atoms with E-state index in [0.29, 0.717) is 5.82 Å². The van der Waals surface area contributed by atoms with Crippen molar-refractivity contribution in [2.75, 3.05) is 3.94 Å². The lowest BCUT2D eigenvalue weighted by Gasteiger charge is -2.00. The van der Waals surface area contributed by atoms with E-state index in [4.69, 9.17) is 23.6 Å². The summed E-state index contributed by atoms with van der Waals surface area (Å²) in [6.45, 7) is 0. The number of hydrogen-bond donors (Lipinski definition) is 0. The molecule has 1 rings (SSSR count). The molecule has 1 heterocycles. The van der Waals surface area contributed by atoms with Crippen LogP contribution in [0.3, 0.4) is 0 Å². The Labute approximate surface area is 62.5 Å². The van der Waals surface area contributed by atoms with E-state index in [1.165, 1.54) is 6.33 Å². The van der Waals surface area contributed by atoms with E-state index in [1.54, 1.807) is 12.3 Å².